The molecule has 2 heteroatoms. The maximum Gasteiger partial charge on any atom is 0.0728 e. The van der Waals surface area contributed by atoms with Crippen LogP contribution in [-0.2, 0) is 4.74 Å². The molecular weight excluding hydrogens is 174 g/mol. The fourth-order valence-corrected chi connectivity index (χ4v) is 3.24. The van der Waals surface area contributed by atoms with Gasteiger partial charge < -0.3 is 9.64 Å². The molecule has 0 N–H and O–H groups in total. The Hall–Kier alpha value is -0.0800. The van der Waals surface area contributed by atoms with E-state index in [9.17, 15) is 0 Å². The Balaban J connectivity index is 1.51. The average Bonchev–Trinajstić information content (AvgIpc) is 2.11. The highest BCUT2D eigenvalue weighted by Gasteiger charge is 2.43. The summed E-state index contributed by atoms with van der Waals surface area (Å²) in [6.45, 7) is 5.96. The molecule has 2 nitrogen and oxygen atoms in total. The summed E-state index contributed by atoms with van der Waals surface area (Å²) in [6.07, 6.45) is 6.78. The number of ether oxygens (including phenoxy) is 1. The third-order valence-corrected chi connectivity index (χ3v) is 4.54. The maximum absolute atomic E-state index is 5.73. The molecule has 0 aromatic carbocycles. The normalized spacial score (nSPS) is 41.8. The molecule has 3 fully saturated rings. The molecule has 80 valence electrons. The summed E-state index contributed by atoms with van der Waals surface area (Å²) in [5.41, 5.74) is 0.339. The van der Waals surface area contributed by atoms with Crippen molar-refractivity contribution in [2.75, 3.05) is 19.7 Å². The summed E-state index contributed by atoms with van der Waals surface area (Å²) in [7, 11) is 0. The quantitative estimate of drug-likeness (QED) is 0.635. The fraction of sp³-hybridized carbons (Fsp3) is 1.00. The van der Waals surface area contributed by atoms with E-state index in [0.717, 1.165) is 18.6 Å². The SMILES string of the molecule is CC1CC(N2CCC3(CCO3)CC2)C1. The molecule has 3 rings (SSSR count). The molecule has 0 aromatic rings. The highest BCUT2D eigenvalue weighted by atomic mass is 16.5. The molecule has 2 saturated heterocycles. The summed E-state index contributed by atoms with van der Waals surface area (Å²) in [5.74, 6) is 0.982. The smallest absolute Gasteiger partial charge is 0.0728 e. The number of likely N-dealkylation sites (tertiary alicyclic amines) is 1. The van der Waals surface area contributed by atoms with Crippen molar-refractivity contribution < 1.29 is 4.74 Å². The molecule has 3 aliphatic rings. The van der Waals surface area contributed by atoms with Crippen LogP contribution < -0.4 is 0 Å². The molecule has 14 heavy (non-hydrogen) atoms. The lowest BCUT2D eigenvalue weighted by atomic mass is 9.78. The molecule has 1 aliphatic carbocycles. The first kappa shape index (κ1) is 9.17. The van der Waals surface area contributed by atoms with E-state index in [4.69, 9.17) is 4.74 Å². The molecule has 0 atom stereocenters. The van der Waals surface area contributed by atoms with Crippen LogP contribution in [0.5, 0.6) is 0 Å². The van der Waals surface area contributed by atoms with Gasteiger partial charge in [0.2, 0.25) is 0 Å². The molecule has 0 amide bonds. The van der Waals surface area contributed by atoms with E-state index in [1.165, 1.54) is 45.2 Å². The predicted octanol–water partition coefficient (Wildman–Crippen LogP) is 2.04. The first-order valence-corrected chi connectivity index (χ1v) is 6.15. The first-order chi connectivity index (χ1) is 6.77. The average molecular weight is 195 g/mol. The monoisotopic (exact) mass is 195 g/mol. The lowest BCUT2D eigenvalue weighted by Gasteiger charge is -2.51. The Morgan fingerprint density at radius 3 is 2.21 bits per heavy atom. The van der Waals surface area contributed by atoms with Crippen molar-refractivity contribution in [2.45, 2.75) is 50.7 Å². The van der Waals surface area contributed by atoms with E-state index in [1.54, 1.807) is 0 Å². The Kier molecular flexibility index (Phi) is 2.10. The van der Waals surface area contributed by atoms with Gasteiger partial charge in [0.1, 0.15) is 0 Å². The predicted molar refractivity (Wildman–Crippen MR) is 56.3 cm³/mol. The largest absolute Gasteiger partial charge is 0.375 e. The highest BCUT2D eigenvalue weighted by Crippen LogP contribution is 2.40. The van der Waals surface area contributed by atoms with Crippen LogP contribution in [0.15, 0.2) is 0 Å². The van der Waals surface area contributed by atoms with Crippen LogP contribution in [0.25, 0.3) is 0 Å². The number of nitrogens with zero attached hydrogens (tertiary/aromatic N) is 1. The Morgan fingerprint density at radius 2 is 1.79 bits per heavy atom. The lowest BCUT2D eigenvalue weighted by molar-refractivity contribution is -0.178. The van der Waals surface area contributed by atoms with Crippen LogP contribution >= 0.6 is 0 Å². The number of hydrogen-bond donors (Lipinski definition) is 0. The highest BCUT2D eigenvalue weighted by molar-refractivity contribution is 4.96. The number of hydrogen-bond acceptors (Lipinski definition) is 2. The minimum absolute atomic E-state index is 0.339. The summed E-state index contributed by atoms with van der Waals surface area (Å²) in [6, 6.07) is 0.919. The molecule has 1 spiro atoms. The topological polar surface area (TPSA) is 12.5 Å². The van der Waals surface area contributed by atoms with Gasteiger partial charge in [-0.2, -0.15) is 0 Å². The minimum atomic E-state index is 0.339. The van der Waals surface area contributed by atoms with Crippen molar-refractivity contribution in [3.8, 4) is 0 Å². The number of rotatable bonds is 1. The van der Waals surface area contributed by atoms with E-state index >= 15 is 0 Å². The Morgan fingerprint density at radius 1 is 1.14 bits per heavy atom. The van der Waals surface area contributed by atoms with Gasteiger partial charge in [-0.15, -0.1) is 0 Å². The zero-order valence-electron chi connectivity index (χ0n) is 9.17. The van der Waals surface area contributed by atoms with Crippen LogP contribution in [-0.4, -0.2) is 36.2 Å². The summed E-state index contributed by atoms with van der Waals surface area (Å²) in [4.78, 5) is 2.70. The maximum atomic E-state index is 5.73. The van der Waals surface area contributed by atoms with Crippen LogP contribution in [0.2, 0.25) is 0 Å². The van der Waals surface area contributed by atoms with Crippen molar-refractivity contribution in [1.29, 1.82) is 0 Å². The second-order valence-electron chi connectivity index (χ2n) is 5.55. The molecule has 2 aliphatic heterocycles. The Bertz CT molecular complexity index is 208. The molecule has 1 saturated carbocycles. The summed E-state index contributed by atoms with van der Waals surface area (Å²) < 4.78 is 5.73. The summed E-state index contributed by atoms with van der Waals surface area (Å²) >= 11 is 0. The van der Waals surface area contributed by atoms with Gasteiger partial charge in [0, 0.05) is 19.1 Å². The van der Waals surface area contributed by atoms with Gasteiger partial charge in [0.15, 0.2) is 0 Å². The van der Waals surface area contributed by atoms with Crippen molar-refractivity contribution in [3.63, 3.8) is 0 Å². The van der Waals surface area contributed by atoms with Gasteiger partial charge in [-0.25, -0.2) is 0 Å². The number of piperidine rings is 1. The zero-order valence-corrected chi connectivity index (χ0v) is 9.17. The van der Waals surface area contributed by atoms with Crippen molar-refractivity contribution >= 4 is 0 Å². The van der Waals surface area contributed by atoms with Gasteiger partial charge in [-0.05, 0) is 38.0 Å². The molecule has 0 unspecified atom stereocenters. The van der Waals surface area contributed by atoms with E-state index in [1.807, 2.05) is 0 Å². The first-order valence-electron chi connectivity index (χ1n) is 6.15. The van der Waals surface area contributed by atoms with Gasteiger partial charge in [-0.1, -0.05) is 6.92 Å². The van der Waals surface area contributed by atoms with Crippen molar-refractivity contribution in [1.82, 2.24) is 4.90 Å². The van der Waals surface area contributed by atoms with Crippen LogP contribution in [0.3, 0.4) is 0 Å². The second-order valence-corrected chi connectivity index (χ2v) is 5.55. The molecule has 0 radical (unpaired) electrons. The minimum Gasteiger partial charge on any atom is -0.375 e. The zero-order chi connectivity index (χ0) is 9.60. The van der Waals surface area contributed by atoms with E-state index < -0.39 is 0 Å². The Labute approximate surface area is 86.6 Å². The van der Waals surface area contributed by atoms with Gasteiger partial charge in [-0.3, -0.25) is 0 Å². The third kappa shape index (κ3) is 1.40. The molecular formula is C12H21NO. The van der Waals surface area contributed by atoms with Gasteiger partial charge in [0.05, 0.1) is 12.2 Å². The van der Waals surface area contributed by atoms with Crippen molar-refractivity contribution in [3.05, 3.63) is 0 Å². The second kappa shape index (κ2) is 3.21. The standard InChI is InChI=1S/C12H21NO/c1-10-8-11(9-10)13-5-2-12(3-6-13)4-7-14-12/h10-11H,2-9H2,1H3. The van der Waals surface area contributed by atoms with E-state index in [-0.39, 0.29) is 0 Å². The molecule has 0 bridgehead atoms. The van der Waals surface area contributed by atoms with Gasteiger partial charge in [0.25, 0.3) is 0 Å². The molecule has 0 aromatic heterocycles. The van der Waals surface area contributed by atoms with Crippen molar-refractivity contribution in [2.24, 2.45) is 5.92 Å². The van der Waals surface area contributed by atoms with Crippen LogP contribution in [0.4, 0.5) is 0 Å². The molecule has 2 heterocycles. The van der Waals surface area contributed by atoms with Crippen LogP contribution in [0.1, 0.15) is 39.0 Å². The fourth-order valence-electron chi connectivity index (χ4n) is 3.24. The lowest BCUT2D eigenvalue weighted by Crippen LogP contribution is -2.56. The van der Waals surface area contributed by atoms with E-state index in [2.05, 4.69) is 11.8 Å². The van der Waals surface area contributed by atoms with Gasteiger partial charge >= 0.3 is 0 Å². The van der Waals surface area contributed by atoms with Crippen LogP contribution in [0, 0.1) is 5.92 Å². The third-order valence-electron chi connectivity index (χ3n) is 4.54. The summed E-state index contributed by atoms with van der Waals surface area (Å²) in [5, 5.41) is 0. The van der Waals surface area contributed by atoms with E-state index in [0.29, 0.717) is 5.60 Å².